The van der Waals surface area contributed by atoms with Crippen molar-refractivity contribution in [2.24, 2.45) is 0 Å². The number of hydrogen-bond acceptors (Lipinski definition) is 2. The normalized spacial score (nSPS) is 13.8. The van der Waals surface area contributed by atoms with Gasteiger partial charge in [0.25, 0.3) is 0 Å². The maximum absolute atomic E-state index is 12.8. The minimum atomic E-state index is -4.42. The molecule has 0 aliphatic heterocycles. The number of hydrogen-bond donors (Lipinski definition) is 2. The van der Waals surface area contributed by atoms with E-state index in [0.717, 1.165) is 25.0 Å². The number of benzene rings is 1. The molecule has 194 valence electrons. The highest BCUT2D eigenvalue weighted by Crippen LogP contribution is 2.29. The molecule has 0 bridgehead atoms. The second kappa shape index (κ2) is 17.6. The maximum Gasteiger partial charge on any atom is 0.416 e. The van der Waals surface area contributed by atoms with Crippen molar-refractivity contribution in [2.75, 3.05) is 0 Å². The lowest BCUT2D eigenvalue weighted by Crippen LogP contribution is -2.40. The number of alkyl halides is 3. The van der Waals surface area contributed by atoms with Crippen LogP contribution in [0.1, 0.15) is 115 Å². The SMILES string of the molecule is CCCCCCCCCCCCCCC[C@@H](O)[C@H](C)NC(=O)C=Cc1cccc(C(F)(F)F)c1. The van der Waals surface area contributed by atoms with Gasteiger partial charge in [0.2, 0.25) is 5.91 Å². The number of aliphatic hydroxyl groups is 1. The minimum absolute atomic E-state index is 0.296. The summed E-state index contributed by atoms with van der Waals surface area (Å²) in [6.07, 6.45) is 14.6. The van der Waals surface area contributed by atoms with E-state index in [-0.39, 0.29) is 0 Å². The molecule has 0 radical (unpaired) electrons. The molecular weight excluding hydrogens is 439 g/mol. The van der Waals surface area contributed by atoms with Crippen molar-refractivity contribution in [3.63, 3.8) is 0 Å². The average molecular weight is 484 g/mol. The Morgan fingerprint density at radius 3 is 2.00 bits per heavy atom. The van der Waals surface area contributed by atoms with Crippen LogP contribution in [0.15, 0.2) is 30.3 Å². The summed E-state index contributed by atoms with van der Waals surface area (Å²) >= 11 is 0. The third-order valence-electron chi connectivity index (χ3n) is 6.19. The predicted octanol–water partition coefficient (Wildman–Crippen LogP) is 8.07. The first-order valence-electron chi connectivity index (χ1n) is 13.1. The van der Waals surface area contributed by atoms with Crippen LogP contribution < -0.4 is 5.32 Å². The van der Waals surface area contributed by atoms with Gasteiger partial charge in [0.15, 0.2) is 0 Å². The van der Waals surface area contributed by atoms with Gasteiger partial charge in [-0.25, -0.2) is 0 Å². The molecule has 1 aromatic rings. The van der Waals surface area contributed by atoms with Crippen LogP contribution in [0.25, 0.3) is 6.08 Å². The van der Waals surface area contributed by atoms with E-state index in [9.17, 15) is 23.1 Å². The highest BCUT2D eigenvalue weighted by molar-refractivity contribution is 5.91. The number of rotatable bonds is 18. The van der Waals surface area contributed by atoms with Crippen molar-refractivity contribution in [3.05, 3.63) is 41.5 Å². The maximum atomic E-state index is 12.8. The van der Waals surface area contributed by atoms with Crippen LogP contribution in [0.5, 0.6) is 0 Å². The fourth-order valence-electron chi connectivity index (χ4n) is 3.98. The fourth-order valence-corrected chi connectivity index (χ4v) is 3.98. The highest BCUT2D eigenvalue weighted by atomic mass is 19.4. The van der Waals surface area contributed by atoms with Gasteiger partial charge in [-0.1, -0.05) is 103 Å². The molecule has 0 spiro atoms. The van der Waals surface area contributed by atoms with Crippen molar-refractivity contribution < 1.29 is 23.1 Å². The Morgan fingerprint density at radius 2 is 1.47 bits per heavy atom. The van der Waals surface area contributed by atoms with Crippen molar-refractivity contribution in [2.45, 2.75) is 122 Å². The van der Waals surface area contributed by atoms with E-state index in [1.807, 2.05) is 0 Å². The molecule has 0 aliphatic rings. The molecule has 1 aromatic carbocycles. The molecule has 1 amide bonds. The van der Waals surface area contributed by atoms with Gasteiger partial charge in [-0.15, -0.1) is 0 Å². The average Bonchev–Trinajstić information content (AvgIpc) is 2.80. The first-order chi connectivity index (χ1) is 16.2. The van der Waals surface area contributed by atoms with E-state index < -0.39 is 29.8 Å². The Balaban J connectivity index is 2.12. The van der Waals surface area contributed by atoms with Gasteiger partial charge in [0.05, 0.1) is 17.7 Å². The lowest BCUT2D eigenvalue weighted by molar-refractivity contribution is -0.137. The summed E-state index contributed by atoms with van der Waals surface area (Å²) in [7, 11) is 0. The zero-order valence-electron chi connectivity index (χ0n) is 21.0. The smallest absolute Gasteiger partial charge is 0.391 e. The summed E-state index contributed by atoms with van der Waals surface area (Å²) in [5, 5.41) is 13.0. The minimum Gasteiger partial charge on any atom is -0.391 e. The van der Waals surface area contributed by atoms with Gasteiger partial charge >= 0.3 is 6.18 Å². The van der Waals surface area contributed by atoms with E-state index in [1.54, 1.807) is 6.92 Å². The monoisotopic (exact) mass is 483 g/mol. The van der Waals surface area contributed by atoms with Crippen molar-refractivity contribution in [1.82, 2.24) is 5.32 Å². The zero-order chi connectivity index (χ0) is 25.2. The van der Waals surface area contributed by atoms with E-state index >= 15 is 0 Å². The number of unbranched alkanes of at least 4 members (excludes halogenated alkanes) is 12. The van der Waals surface area contributed by atoms with Crippen LogP contribution in [0.2, 0.25) is 0 Å². The van der Waals surface area contributed by atoms with Crippen LogP contribution in [-0.2, 0) is 11.0 Å². The Hall–Kier alpha value is -1.82. The second-order valence-electron chi connectivity index (χ2n) is 9.35. The Bertz CT molecular complexity index is 703. The van der Waals surface area contributed by atoms with Crippen molar-refractivity contribution in [1.29, 1.82) is 0 Å². The molecule has 0 aromatic heterocycles. The second-order valence-corrected chi connectivity index (χ2v) is 9.35. The summed E-state index contributed by atoms with van der Waals surface area (Å²) in [5.41, 5.74) is -0.457. The summed E-state index contributed by atoms with van der Waals surface area (Å²) in [6, 6.07) is 4.38. The number of halogens is 3. The largest absolute Gasteiger partial charge is 0.416 e. The topological polar surface area (TPSA) is 49.3 Å². The first-order valence-corrected chi connectivity index (χ1v) is 13.1. The van der Waals surface area contributed by atoms with Crippen LogP contribution in [0.3, 0.4) is 0 Å². The Labute approximate surface area is 204 Å². The molecule has 6 heteroatoms. The molecule has 34 heavy (non-hydrogen) atoms. The molecule has 0 aliphatic carbocycles. The molecule has 0 saturated carbocycles. The third kappa shape index (κ3) is 14.4. The molecule has 0 unspecified atom stereocenters. The van der Waals surface area contributed by atoms with Crippen LogP contribution in [-0.4, -0.2) is 23.2 Å². The van der Waals surface area contributed by atoms with Crippen molar-refractivity contribution >= 4 is 12.0 Å². The predicted molar refractivity (Wildman–Crippen MR) is 134 cm³/mol. The van der Waals surface area contributed by atoms with Crippen LogP contribution in [0, 0.1) is 0 Å². The van der Waals surface area contributed by atoms with Crippen LogP contribution >= 0.6 is 0 Å². The van der Waals surface area contributed by atoms with E-state index in [1.165, 1.54) is 94.9 Å². The lowest BCUT2D eigenvalue weighted by Gasteiger charge is -2.19. The standard InChI is InChI=1S/C28H44F3NO2/c1-3-4-5-6-7-8-9-10-11-12-13-14-15-19-26(33)23(2)32-27(34)21-20-24-17-16-18-25(22-24)28(29,30)31/h16-18,20-23,26,33H,3-15,19H2,1-2H3,(H,32,34)/t23-,26+/m0/s1. The van der Waals surface area contributed by atoms with Crippen molar-refractivity contribution in [3.8, 4) is 0 Å². The number of nitrogens with one attached hydrogen (secondary N) is 1. The third-order valence-corrected chi connectivity index (χ3v) is 6.19. The first kappa shape index (κ1) is 30.2. The summed E-state index contributed by atoms with van der Waals surface area (Å²) in [5.74, 6) is -0.436. The summed E-state index contributed by atoms with van der Waals surface area (Å²) in [4.78, 5) is 12.1. The van der Waals surface area contributed by atoms with Gasteiger partial charge in [-0.05, 0) is 37.1 Å². The van der Waals surface area contributed by atoms with Gasteiger partial charge in [0, 0.05) is 6.08 Å². The number of carbonyl (C=O) groups excluding carboxylic acids is 1. The number of amides is 1. The lowest BCUT2D eigenvalue weighted by atomic mass is 10.0. The van der Waals surface area contributed by atoms with Gasteiger partial charge < -0.3 is 10.4 Å². The number of aliphatic hydroxyl groups excluding tert-OH is 1. The Morgan fingerprint density at radius 1 is 0.941 bits per heavy atom. The highest BCUT2D eigenvalue weighted by Gasteiger charge is 2.30. The number of carbonyl (C=O) groups is 1. The summed E-state index contributed by atoms with van der Waals surface area (Å²) in [6.45, 7) is 3.98. The van der Waals surface area contributed by atoms with Gasteiger partial charge in [-0.2, -0.15) is 13.2 Å². The van der Waals surface area contributed by atoms with E-state index in [4.69, 9.17) is 0 Å². The molecule has 1 rings (SSSR count). The van der Waals surface area contributed by atoms with E-state index in [0.29, 0.717) is 12.0 Å². The molecular formula is C28H44F3NO2. The molecule has 2 N–H and O–H groups in total. The van der Waals surface area contributed by atoms with E-state index in [2.05, 4.69) is 12.2 Å². The fraction of sp³-hybridized carbons (Fsp3) is 0.679. The molecule has 0 fully saturated rings. The quantitative estimate of drug-likeness (QED) is 0.164. The zero-order valence-corrected chi connectivity index (χ0v) is 21.0. The molecule has 0 heterocycles. The van der Waals surface area contributed by atoms with Gasteiger partial charge in [0.1, 0.15) is 0 Å². The van der Waals surface area contributed by atoms with Gasteiger partial charge in [-0.3, -0.25) is 4.79 Å². The Kier molecular flexibility index (Phi) is 15.6. The molecule has 2 atom stereocenters. The van der Waals surface area contributed by atoms with Crippen LogP contribution in [0.4, 0.5) is 13.2 Å². The molecule has 3 nitrogen and oxygen atoms in total. The summed E-state index contributed by atoms with van der Waals surface area (Å²) < 4.78 is 38.3. The molecule has 0 saturated heterocycles.